The van der Waals surface area contributed by atoms with Crippen molar-refractivity contribution in [2.24, 2.45) is 4.99 Å². The summed E-state index contributed by atoms with van der Waals surface area (Å²) in [5.41, 5.74) is 2.27. The molecule has 0 aliphatic carbocycles. The summed E-state index contributed by atoms with van der Waals surface area (Å²) in [4.78, 5) is 8.53. The number of pyridine rings is 1. The van der Waals surface area contributed by atoms with Crippen LogP contribution >= 0.6 is 0 Å². The van der Waals surface area contributed by atoms with E-state index in [9.17, 15) is 0 Å². The van der Waals surface area contributed by atoms with Gasteiger partial charge in [-0.3, -0.25) is 9.98 Å². The van der Waals surface area contributed by atoms with Gasteiger partial charge in [0.1, 0.15) is 5.75 Å². The molecular formula is C19H26N4O. The average Bonchev–Trinajstić information content (AvgIpc) is 2.62. The Labute approximate surface area is 144 Å². The van der Waals surface area contributed by atoms with Crippen molar-refractivity contribution in [1.29, 1.82) is 0 Å². The molecule has 0 aliphatic heterocycles. The monoisotopic (exact) mass is 326 g/mol. The smallest absolute Gasteiger partial charge is 0.190 e. The molecular weight excluding hydrogens is 300 g/mol. The summed E-state index contributed by atoms with van der Waals surface area (Å²) in [5, 5.41) is 6.61. The van der Waals surface area contributed by atoms with Gasteiger partial charge in [0.2, 0.25) is 0 Å². The van der Waals surface area contributed by atoms with Crippen molar-refractivity contribution in [3.63, 3.8) is 0 Å². The van der Waals surface area contributed by atoms with Crippen LogP contribution in [0, 0.1) is 6.92 Å². The minimum Gasteiger partial charge on any atom is -0.494 e. The van der Waals surface area contributed by atoms with E-state index in [1.807, 2.05) is 49.5 Å². The highest BCUT2D eigenvalue weighted by Crippen LogP contribution is 2.08. The third kappa shape index (κ3) is 6.69. The summed E-state index contributed by atoms with van der Waals surface area (Å²) in [6.07, 6.45) is 3.76. The summed E-state index contributed by atoms with van der Waals surface area (Å²) >= 11 is 0. The maximum absolute atomic E-state index is 5.66. The Morgan fingerprint density at radius 3 is 2.58 bits per heavy atom. The Hall–Kier alpha value is -2.56. The highest BCUT2D eigenvalue weighted by Gasteiger charge is 1.99. The number of para-hydroxylation sites is 1. The Kier molecular flexibility index (Phi) is 7.60. The van der Waals surface area contributed by atoms with Crippen LogP contribution in [0.25, 0.3) is 0 Å². The highest BCUT2D eigenvalue weighted by atomic mass is 16.5. The van der Waals surface area contributed by atoms with E-state index in [4.69, 9.17) is 4.74 Å². The van der Waals surface area contributed by atoms with Gasteiger partial charge in [0.25, 0.3) is 0 Å². The molecule has 1 aromatic heterocycles. The van der Waals surface area contributed by atoms with Crippen LogP contribution in [0.2, 0.25) is 0 Å². The van der Waals surface area contributed by atoms with E-state index in [1.165, 1.54) is 5.56 Å². The molecule has 0 saturated heterocycles. The third-order valence-corrected chi connectivity index (χ3v) is 3.53. The number of nitrogens with zero attached hydrogens (tertiary/aromatic N) is 2. The Morgan fingerprint density at radius 2 is 1.88 bits per heavy atom. The van der Waals surface area contributed by atoms with E-state index in [0.717, 1.165) is 43.3 Å². The van der Waals surface area contributed by atoms with Crippen LogP contribution in [0.3, 0.4) is 0 Å². The zero-order valence-electron chi connectivity index (χ0n) is 14.5. The number of guanidine groups is 1. The fourth-order valence-electron chi connectivity index (χ4n) is 2.18. The molecule has 0 bridgehead atoms. The van der Waals surface area contributed by atoms with Crippen LogP contribution in [0.15, 0.2) is 53.7 Å². The molecule has 2 rings (SSSR count). The van der Waals surface area contributed by atoms with Crippen molar-refractivity contribution in [1.82, 2.24) is 15.6 Å². The molecule has 0 unspecified atom stereocenters. The molecule has 24 heavy (non-hydrogen) atoms. The van der Waals surface area contributed by atoms with Crippen molar-refractivity contribution < 1.29 is 4.74 Å². The topological polar surface area (TPSA) is 58.5 Å². The predicted octanol–water partition coefficient (Wildman–Crippen LogP) is 2.57. The number of aliphatic imine (C=N–C) groups is 1. The minimum atomic E-state index is 0.684. The lowest BCUT2D eigenvalue weighted by molar-refractivity contribution is 0.311. The normalized spacial score (nSPS) is 11.2. The van der Waals surface area contributed by atoms with E-state index in [1.54, 1.807) is 7.05 Å². The summed E-state index contributed by atoms with van der Waals surface area (Å²) in [6, 6.07) is 14.0. The lowest BCUT2D eigenvalue weighted by atomic mass is 10.2. The van der Waals surface area contributed by atoms with Crippen LogP contribution in [0.1, 0.15) is 17.7 Å². The zero-order chi connectivity index (χ0) is 17.0. The molecule has 0 atom stereocenters. The van der Waals surface area contributed by atoms with Crippen molar-refractivity contribution in [2.45, 2.75) is 19.8 Å². The van der Waals surface area contributed by atoms with Gasteiger partial charge < -0.3 is 15.4 Å². The first-order chi connectivity index (χ1) is 11.8. The minimum absolute atomic E-state index is 0.684. The van der Waals surface area contributed by atoms with Gasteiger partial charge in [-0.2, -0.15) is 0 Å². The first-order valence-corrected chi connectivity index (χ1v) is 8.32. The molecule has 5 nitrogen and oxygen atoms in total. The molecule has 0 spiro atoms. The highest BCUT2D eigenvalue weighted by molar-refractivity contribution is 5.79. The zero-order valence-corrected chi connectivity index (χ0v) is 14.5. The van der Waals surface area contributed by atoms with Gasteiger partial charge in [0.15, 0.2) is 5.96 Å². The fourth-order valence-corrected chi connectivity index (χ4v) is 2.18. The molecule has 0 fully saturated rings. The number of benzene rings is 1. The van der Waals surface area contributed by atoms with E-state index in [-0.39, 0.29) is 0 Å². The number of aryl methyl sites for hydroxylation is 1. The second kappa shape index (κ2) is 10.3. The second-order valence-corrected chi connectivity index (χ2v) is 5.50. The molecule has 2 aromatic rings. The number of hydrogen-bond acceptors (Lipinski definition) is 3. The SMILES string of the molecule is CN=C(NCCCOc1ccccc1)NCCc1ccc(C)nc1. The van der Waals surface area contributed by atoms with Gasteiger partial charge >= 0.3 is 0 Å². The summed E-state index contributed by atoms with van der Waals surface area (Å²) in [6.45, 7) is 4.32. The maximum atomic E-state index is 5.66. The van der Waals surface area contributed by atoms with Crippen molar-refractivity contribution in [2.75, 3.05) is 26.7 Å². The van der Waals surface area contributed by atoms with E-state index in [2.05, 4.69) is 26.7 Å². The van der Waals surface area contributed by atoms with Crippen LogP contribution in [0.4, 0.5) is 0 Å². The molecule has 128 valence electrons. The third-order valence-electron chi connectivity index (χ3n) is 3.53. The van der Waals surface area contributed by atoms with Crippen LogP contribution in [-0.2, 0) is 6.42 Å². The van der Waals surface area contributed by atoms with Gasteiger partial charge in [0, 0.05) is 32.0 Å². The average molecular weight is 326 g/mol. The molecule has 0 saturated carbocycles. The quantitative estimate of drug-likeness (QED) is 0.445. The number of ether oxygens (including phenoxy) is 1. The molecule has 1 aromatic carbocycles. The largest absolute Gasteiger partial charge is 0.494 e. The van der Waals surface area contributed by atoms with Gasteiger partial charge in [-0.05, 0) is 43.5 Å². The maximum Gasteiger partial charge on any atom is 0.190 e. The second-order valence-electron chi connectivity index (χ2n) is 5.50. The van der Waals surface area contributed by atoms with Gasteiger partial charge in [0.05, 0.1) is 6.61 Å². The molecule has 5 heteroatoms. The number of aromatic nitrogens is 1. The number of nitrogens with one attached hydrogen (secondary N) is 2. The first-order valence-electron chi connectivity index (χ1n) is 8.32. The van der Waals surface area contributed by atoms with Crippen molar-refractivity contribution in [3.8, 4) is 5.75 Å². The van der Waals surface area contributed by atoms with Crippen LogP contribution in [0.5, 0.6) is 5.75 Å². The van der Waals surface area contributed by atoms with Gasteiger partial charge in [-0.15, -0.1) is 0 Å². The van der Waals surface area contributed by atoms with E-state index < -0.39 is 0 Å². The molecule has 1 heterocycles. The molecule has 2 N–H and O–H groups in total. The first kappa shape index (κ1) is 17.8. The Morgan fingerprint density at radius 1 is 1.08 bits per heavy atom. The molecule has 0 radical (unpaired) electrons. The lowest BCUT2D eigenvalue weighted by Crippen LogP contribution is -2.39. The van der Waals surface area contributed by atoms with Crippen LogP contribution in [-0.4, -0.2) is 37.7 Å². The number of rotatable bonds is 8. The summed E-state index contributed by atoms with van der Waals surface area (Å²) in [5.74, 6) is 1.72. The fraction of sp³-hybridized carbons (Fsp3) is 0.368. The Bertz CT molecular complexity index is 611. The Balaban J connectivity index is 1.57. The van der Waals surface area contributed by atoms with Crippen LogP contribution < -0.4 is 15.4 Å². The summed E-state index contributed by atoms with van der Waals surface area (Å²) in [7, 11) is 1.78. The molecule has 0 aliphatic rings. The summed E-state index contributed by atoms with van der Waals surface area (Å²) < 4.78 is 5.66. The van der Waals surface area contributed by atoms with Gasteiger partial charge in [-0.25, -0.2) is 0 Å². The lowest BCUT2D eigenvalue weighted by Gasteiger charge is -2.12. The van der Waals surface area contributed by atoms with E-state index in [0.29, 0.717) is 6.61 Å². The molecule has 0 amide bonds. The van der Waals surface area contributed by atoms with E-state index >= 15 is 0 Å². The number of hydrogen-bond donors (Lipinski definition) is 2. The van der Waals surface area contributed by atoms with Crippen molar-refractivity contribution >= 4 is 5.96 Å². The van der Waals surface area contributed by atoms with Crippen molar-refractivity contribution in [3.05, 3.63) is 59.9 Å². The van der Waals surface area contributed by atoms with Gasteiger partial charge in [-0.1, -0.05) is 24.3 Å². The predicted molar refractivity (Wildman–Crippen MR) is 98.6 cm³/mol. The standard InChI is InChI=1S/C19H26N4O/c1-16-9-10-17(15-23-16)11-13-22-19(20-2)21-12-6-14-24-18-7-4-3-5-8-18/h3-5,7-10,15H,6,11-14H2,1-2H3,(H2,20,21,22).